The van der Waals surface area contributed by atoms with Gasteiger partial charge in [0.25, 0.3) is 0 Å². The van der Waals surface area contributed by atoms with Gasteiger partial charge < -0.3 is 10.1 Å². The summed E-state index contributed by atoms with van der Waals surface area (Å²) >= 11 is 5.38. The summed E-state index contributed by atoms with van der Waals surface area (Å²) in [5.74, 6) is 0.910. The number of nitrogens with one attached hydrogen (secondary N) is 1. The molecule has 0 saturated carbocycles. The molecule has 0 unspecified atom stereocenters. The van der Waals surface area contributed by atoms with Crippen molar-refractivity contribution in [1.82, 2.24) is 5.32 Å². The molecule has 2 rings (SSSR count). The number of methoxy groups -OCH3 is 1. The van der Waals surface area contributed by atoms with Crippen molar-refractivity contribution in [3.63, 3.8) is 0 Å². The average Bonchev–Trinajstić information content (AvgIpc) is 2.50. The Morgan fingerprint density at radius 3 is 2.71 bits per heavy atom. The molecule has 0 heterocycles. The first kappa shape index (κ1) is 16.4. The SMILES string of the molecule is CCCNCc1ccc(Sc2ccccc2OC)cc1Br. The highest BCUT2D eigenvalue weighted by Crippen LogP contribution is 2.36. The highest BCUT2D eigenvalue weighted by molar-refractivity contribution is 9.10. The van der Waals surface area contributed by atoms with Crippen LogP contribution in [0.15, 0.2) is 56.7 Å². The minimum absolute atomic E-state index is 0.897. The molecule has 0 aliphatic carbocycles. The fourth-order valence-corrected chi connectivity index (χ4v) is 3.60. The molecule has 2 aromatic rings. The van der Waals surface area contributed by atoms with Gasteiger partial charge in [0.2, 0.25) is 0 Å². The molecule has 0 spiro atoms. The summed E-state index contributed by atoms with van der Waals surface area (Å²) in [6.07, 6.45) is 1.15. The fraction of sp³-hybridized carbons (Fsp3) is 0.294. The molecule has 112 valence electrons. The van der Waals surface area contributed by atoms with Crippen molar-refractivity contribution >= 4 is 27.7 Å². The van der Waals surface area contributed by atoms with Gasteiger partial charge in [0.15, 0.2) is 0 Å². The van der Waals surface area contributed by atoms with E-state index in [-0.39, 0.29) is 0 Å². The highest BCUT2D eigenvalue weighted by atomic mass is 79.9. The van der Waals surface area contributed by atoms with Crippen LogP contribution in [0.2, 0.25) is 0 Å². The summed E-state index contributed by atoms with van der Waals surface area (Å²) in [6, 6.07) is 14.6. The summed E-state index contributed by atoms with van der Waals surface area (Å²) in [5, 5.41) is 3.42. The summed E-state index contributed by atoms with van der Waals surface area (Å²) in [4.78, 5) is 2.33. The third-order valence-electron chi connectivity index (χ3n) is 3.06. The molecule has 0 fully saturated rings. The molecule has 21 heavy (non-hydrogen) atoms. The van der Waals surface area contributed by atoms with Crippen molar-refractivity contribution in [3.8, 4) is 5.75 Å². The van der Waals surface area contributed by atoms with Crippen LogP contribution in [-0.2, 0) is 6.54 Å². The molecule has 4 heteroatoms. The maximum Gasteiger partial charge on any atom is 0.132 e. The Kier molecular flexibility index (Phi) is 6.61. The van der Waals surface area contributed by atoms with Gasteiger partial charge in [-0.1, -0.05) is 52.8 Å². The number of para-hydroxylation sites is 1. The molecule has 0 saturated heterocycles. The number of hydrogen-bond donors (Lipinski definition) is 1. The van der Waals surface area contributed by atoms with Gasteiger partial charge in [-0.15, -0.1) is 0 Å². The topological polar surface area (TPSA) is 21.3 Å². The van der Waals surface area contributed by atoms with Crippen LogP contribution in [0.25, 0.3) is 0 Å². The van der Waals surface area contributed by atoms with Crippen molar-refractivity contribution in [2.75, 3.05) is 13.7 Å². The van der Waals surface area contributed by atoms with E-state index < -0.39 is 0 Å². The third-order valence-corrected chi connectivity index (χ3v) is 4.85. The van der Waals surface area contributed by atoms with Crippen LogP contribution in [-0.4, -0.2) is 13.7 Å². The Balaban J connectivity index is 2.09. The summed E-state index contributed by atoms with van der Waals surface area (Å²) in [5.41, 5.74) is 1.29. The molecule has 0 bridgehead atoms. The van der Waals surface area contributed by atoms with E-state index in [1.807, 2.05) is 18.2 Å². The number of benzene rings is 2. The molecule has 0 aromatic heterocycles. The fourth-order valence-electron chi connectivity index (χ4n) is 1.96. The quantitative estimate of drug-likeness (QED) is 0.688. The molecular formula is C17H20BrNOS. The maximum atomic E-state index is 5.39. The largest absolute Gasteiger partial charge is 0.496 e. The molecule has 0 aliphatic rings. The number of rotatable bonds is 7. The van der Waals surface area contributed by atoms with E-state index in [0.717, 1.165) is 34.6 Å². The molecule has 2 nitrogen and oxygen atoms in total. The van der Waals surface area contributed by atoms with Crippen LogP contribution in [0.3, 0.4) is 0 Å². The predicted molar refractivity (Wildman–Crippen MR) is 93.3 cm³/mol. The van der Waals surface area contributed by atoms with Crippen molar-refractivity contribution < 1.29 is 4.74 Å². The van der Waals surface area contributed by atoms with E-state index in [1.165, 1.54) is 10.5 Å². The first-order chi connectivity index (χ1) is 10.2. The van der Waals surface area contributed by atoms with Crippen LogP contribution in [0.4, 0.5) is 0 Å². The standard InChI is InChI=1S/C17H20BrNOS/c1-3-10-19-12-13-8-9-14(11-15(13)18)21-17-7-5-4-6-16(17)20-2/h4-9,11,19H,3,10,12H2,1-2H3. The Morgan fingerprint density at radius 2 is 2.00 bits per heavy atom. The first-order valence-electron chi connectivity index (χ1n) is 7.04. The summed E-state index contributed by atoms with van der Waals surface area (Å²) < 4.78 is 6.54. The average molecular weight is 366 g/mol. The lowest BCUT2D eigenvalue weighted by Gasteiger charge is -2.10. The van der Waals surface area contributed by atoms with Gasteiger partial charge in [-0.2, -0.15) is 0 Å². The van der Waals surface area contributed by atoms with Crippen LogP contribution < -0.4 is 10.1 Å². The monoisotopic (exact) mass is 365 g/mol. The zero-order chi connectivity index (χ0) is 15.1. The van der Waals surface area contributed by atoms with E-state index in [9.17, 15) is 0 Å². The van der Waals surface area contributed by atoms with Crippen molar-refractivity contribution in [3.05, 3.63) is 52.5 Å². The first-order valence-corrected chi connectivity index (χ1v) is 8.65. The van der Waals surface area contributed by atoms with Crippen LogP contribution in [0, 0.1) is 0 Å². The molecule has 2 aromatic carbocycles. The Bertz CT molecular complexity index is 589. The minimum Gasteiger partial charge on any atom is -0.496 e. The third kappa shape index (κ3) is 4.77. The highest BCUT2D eigenvalue weighted by Gasteiger charge is 2.06. The molecule has 0 aliphatic heterocycles. The Labute approximate surface area is 139 Å². The van der Waals surface area contributed by atoms with E-state index in [0.29, 0.717) is 0 Å². The van der Waals surface area contributed by atoms with E-state index in [1.54, 1.807) is 18.9 Å². The van der Waals surface area contributed by atoms with Gasteiger partial charge in [0.1, 0.15) is 5.75 Å². The smallest absolute Gasteiger partial charge is 0.132 e. The van der Waals surface area contributed by atoms with Gasteiger partial charge >= 0.3 is 0 Å². The van der Waals surface area contributed by atoms with Crippen molar-refractivity contribution in [2.45, 2.75) is 29.7 Å². The van der Waals surface area contributed by atoms with E-state index in [2.05, 4.69) is 52.4 Å². The second-order valence-electron chi connectivity index (χ2n) is 4.68. The minimum atomic E-state index is 0.897. The lowest BCUT2D eigenvalue weighted by atomic mass is 10.2. The Hall–Kier alpha value is -0.970. The molecule has 0 atom stereocenters. The molecule has 1 N–H and O–H groups in total. The zero-order valence-corrected chi connectivity index (χ0v) is 14.8. The molecule has 0 amide bonds. The van der Waals surface area contributed by atoms with Gasteiger partial charge in [0, 0.05) is 15.9 Å². The van der Waals surface area contributed by atoms with Crippen LogP contribution in [0.5, 0.6) is 5.75 Å². The zero-order valence-electron chi connectivity index (χ0n) is 12.4. The Morgan fingerprint density at radius 1 is 1.19 bits per heavy atom. The van der Waals surface area contributed by atoms with Crippen LogP contribution >= 0.6 is 27.7 Å². The lowest BCUT2D eigenvalue weighted by Crippen LogP contribution is -2.14. The number of halogens is 1. The molecular weight excluding hydrogens is 346 g/mol. The van der Waals surface area contributed by atoms with Gasteiger partial charge in [0.05, 0.1) is 12.0 Å². The number of ether oxygens (including phenoxy) is 1. The number of hydrogen-bond acceptors (Lipinski definition) is 3. The van der Waals surface area contributed by atoms with Gasteiger partial charge in [-0.05, 0) is 42.8 Å². The maximum absolute atomic E-state index is 5.39. The van der Waals surface area contributed by atoms with Crippen LogP contribution in [0.1, 0.15) is 18.9 Å². The summed E-state index contributed by atoms with van der Waals surface area (Å²) in [6.45, 7) is 4.12. The second kappa shape index (κ2) is 8.47. The van der Waals surface area contributed by atoms with E-state index in [4.69, 9.17) is 4.74 Å². The second-order valence-corrected chi connectivity index (χ2v) is 6.65. The predicted octanol–water partition coefficient (Wildman–Crippen LogP) is 5.11. The lowest BCUT2D eigenvalue weighted by molar-refractivity contribution is 0.405. The van der Waals surface area contributed by atoms with Crippen molar-refractivity contribution in [1.29, 1.82) is 0 Å². The van der Waals surface area contributed by atoms with Gasteiger partial charge in [-0.25, -0.2) is 0 Å². The van der Waals surface area contributed by atoms with E-state index >= 15 is 0 Å². The normalized spacial score (nSPS) is 10.6. The van der Waals surface area contributed by atoms with Crippen molar-refractivity contribution in [2.24, 2.45) is 0 Å². The van der Waals surface area contributed by atoms with Gasteiger partial charge in [-0.3, -0.25) is 0 Å². The molecule has 0 radical (unpaired) electrons. The summed E-state index contributed by atoms with van der Waals surface area (Å²) in [7, 11) is 1.71.